The molecule has 3 aromatic carbocycles. The molecule has 0 aliphatic rings. The van der Waals surface area contributed by atoms with Gasteiger partial charge in [-0.2, -0.15) is 0 Å². The van der Waals surface area contributed by atoms with Gasteiger partial charge in [0.2, 0.25) is 0 Å². The summed E-state index contributed by atoms with van der Waals surface area (Å²) in [5.41, 5.74) is 11.2. The fourth-order valence-corrected chi connectivity index (χ4v) is 4.61. The molecule has 4 aromatic rings. The van der Waals surface area contributed by atoms with E-state index in [-0.39, 0.29) is 53.0 Å². The van der Waals surface area contributed by atoms with Crippen LogP contribution in [0.2, 0.25) is 0 Å². The first-order chi connectivity index (χ1) is 20.3. The van der Waals surface area contributed by atoms with Crippen LogP contribution in [0.5, 0.6) is 0 Å². The van der Waals surface area contributed by atoms with Crippen molar-refractivity contribution in [3.05, 3.63) is 99.5 Å². The molecule has 0 fully saturated rings. The molecule has 224 valence electrons. The Morgan fingerprint density at radius 1 is 1.07 bits per heavy atom. The summed E-state index contributed by atoms with van der Waals surface area (Å²) in [7, 11) is 3.21. The summed E-state index contributed by atoms with van der Waals surface area (Å²) in [5.74, 6) is -0.472. The minimum atomic E-state index is -0.356. The van der Waals surface area contributed by atoms with Crippen molar-refractivity contribution >= 4 is 34.7 Å². The Labute approximate surface area is 251 Å². The maximum atomic E-state index is 13.1. The van der Waals surface area contributed by atoms with Crippen LogP contribution in [0.4, 0.5) is 22.9 Å². The van der Waals surface area contributed by atoms with Crippen LogP contribution >= 0.6 is 0 Å². The summed E-state index contributed by atoms with van der Waals surface area (Å²) < 4.78 is 1.43. The fraction of sp³-hybridized carbons (Fsp3) is 0.273. The summed E-state index contributed by atoms with van der Waals surface area (Å²) in [5, 5.41) is 15.1. The van der Waals surface area contributed by atoms with Crippen molar-refractivity contribution in [2.75, 3.05) is 36.6 Å². The number of amides is 2. The summed E-state index contributed by atoms with van der Waals surface area (Å²) in [4.78, 5) is 44.6. The van der Waals surface area contributed by atoms with Crippen LogP contribution in [0.25, 0.3) is 11.3 Å². The maximum absolute atomic E-state index is 13.1. The van der Waals surface area contributed by atoms with Crippen LogP contribution in [0.1, 0.15) is 52.6 Å². The van der Waals surface area contributed by atoms with E-state index in [1.165, 1.54) is 9.47 Å². The van der Waals surface area contributed by atoms with Crippen molar-refractivity contribution in [1.29, 1.82) is 0 Å². The lowest BCUT2D eigenvalue weighted by Crippen LogP contribution is -2.30. The number of aliphatic hydroxyl groups excluding tert-OH is 1. The third-order valence-electron chi connectivity index (χ3n) is 7.27. The Hall–Kier alpha value is -4.96. The van der Waals surface area contributed by atoms with Crippen LogP contribution in [0.15, 0.2) is 71.7 Å². The van der Waals surface area contributed by atoms with Crippen molar-refractivity contribution in [2.24, 2.45) is 7.05 Å². The highest BCUT2D eigenvalue weighted by Crippen LogP contribution is 2.29. The zero-order chi connectivity index (χ0) is 31.5. The highest BCUT2D eigenvalue weighted by molar-refractivity contribution is 6.05. The largest absolute Gasteiger partial charge is 0.398 e. The van der Waals surface area contributed by atoms with Gasteiger partial charge in [-0.1, -0.05) is 45.0 Å². The normalized spacial score (nSPS) is 11.2. The predicted molar refractivity (Wildman–Crippen MR) is 171 cm³/mol. The van der Waals surface area contributed by atoms with Crippen LogP contribution in [0.3, 0.4) is 0 Å². The molecule has 5 N–H and O–H groups in total. The van der Waals surface area contributed by atoms with Gasteiger partial charge in [-0.05, 0) is 59.9 Å². The second-order valence-corrected chi connectivity index (χ2v) is 11.5. The van der Waals surface area contributed by atoms with Crippen molar-refractivity contribution in [2.45, 2.75) is 33.1 Å². The van der Waals surface area contributed by atoms with Gasteiger partial charge >= 0.3 is 0 Å². The first-order valence-electron chi connectivity index (χ1n) is 13.9. The Balaban J connectivity index is 1.60. The average Bonchev–Trinajstić information content (AvgIpc) is 2.96. The van der Waals surface area contributed by atoms with Gasteiger partial charge in [0.25, 0.3) is 17.4 Å². The molecule has 10 nitrogen and oxygen atoms in total. The fourth-order valence-electron chi connectivity index (χ4n) is 4.61. The van der Waals surface area contributed by atoms with E-state index in [1.54, 1.807) is 38.5 Å². The van der Waals surface area contributed by atoms with Crippen LogP contribution in [-0.2, 0) is 12.5 Å². The lowest BCUT2D eigenvalue weighted by Gasteiger charge is -2.19. The van der Waals surface area contributed by atoms with E-state index in [1.807, 2.05) is 49.4 Å². The molecule has 0 saturated heterocycles. The average molecular weight is 583 g/mol. The first-order valence-corrected chi connectivity index (χ1v) is 13.9. The number of carbonyl (C=O) groups excluding carboxylic acids is 2. The van der Waals surface area contributed by atoms with E-state index in [9.17, 15) is 14.4 Å². The van der Waals surface area contributed by atoms with E-state index in [4.69, 9.17) is 10.8 Å². The quantitative estimate of drug-likeness (QED) is 0.221. The summed E-state index contributed by atoms with van der Waals surface area (Å²) >= 11 is 0. The van der Waals surface area contributed by atoms with Gasteiger partial charge in [-0.25, -0.2) is 4.98 Å². The third-order valence-corrected chi connectivity index (χ3v) is 7.27. The number of aromatic nitrogens is 2. The van der Waals surface area contributed by atoms with E-state index in [0.717, 1.165) is 16.7 Å². The molecular formula is C33H38N6O4. The number of nitrogens with zero attached hydrogens (tertiary/aromatic N) is 3. The van der Waals surface area contributed by atoms with Gasteiger partial charge in [0.15, 0.2) is 5.82 Å². The van der Waals surface area contributed by atoms with Gasteiger partial charge in [-0.15, -0.1) is 0 Å². The minimum absolute atomic E-state index is 0.0107. The number of nitrogen functional groups attached to an aromatic ring is 1. The number of nitrogens with two attached hydrogens (primary N) is 1. The number of aliphatic hydroxyl groups is 1. The zero-order valence-electron chi connectivity index (χ0n) is 25.4. The molecule has 0 bridgehead atoms. The molecule has 0 radical (unpaired) electrons. The minimum Gasteiger partial charge on any atom is -0.398 e. The predicted octanol–water partition coefficient (Wildman–Crippen LogP) is 4.70. The monoisotopic (exact) mass is 582 g/mol. The maximum Gasteiger partial charge on any atom is 0.293 e. The van der Waals surface area contributed by atoms with Crippen LogP contribution in [-0.4, -0.2) is 51.6 Å². The Bertz CT molecular complexity index is 1720. The van der Waals surface area contributed by atoms with Crippen LogP contribution < -0.4 is 21.9 Å². The number of benzene rings is 3. The molecular weight excluding hydrogens is 544 g/mol. The standard InChI is InChI=1S/C33H38N6O4/c1-20-24(8-7-9-27(20)37-30(41)21-10-12-22(13-11-21)33(2,3)4)28-19-39(6)32(43)29(36-28)35-23-14-15-25(26(34)18-23)31(42)38(5)16-17-40/h7-15,18-19,40H,16-17,34H2,1-6H3,(H,35,36)(H,37,41). The highest BCUT2D eigenvalue weighted by atomic mass is 16.3. The number of anilines is 4. The van der Waals surface area contributed by atoms with Gasteiger partial charge in [0.05, 0.1) is 17.9 Å². The second kappa shape index (κ2) is 12.5. The SMILES string of the molecule is Cc1c(NC(=O)c2ccc(C(C)(C)C)cc2)cccc1-c1cn(C)c(=O)c(Nc2ccc(C(=O)N(C)CCO)c(N)c2)n1. The Morgan fingerprint density at radius 3 is 2.40 bits per heavy atom. The van der Waals surface area contributed by atoms with E-state index in [0.29, 0.717) is 22.6 Å². The van der Waals surface area contributed by atoms with E-state index < -0.39 is 0 Å². The summed E-state index contributed by atoms with van der Waals surface area (Å²) in [6.45, 7) is 8.28. The Morgan fingerprint density at radius 2 is 1.77 bits per heavy atom. The molecule has 2 amide bonds. The lowest BCUT2D eigenvalue weighted by molar-refractivity contribution is 0.0768. The molecule has 1 aromatic heterocycles. The van der Waals surface area contributed by atoms with Gasteiger partial charge in [0, 0.05) is 55.0 Å². The second-order valence-electron chi connectivity index (χ2n) is 11.5. The van der Waals surface area contributed by atoms with Crippen LogP contribution in [0, 0.1) is 6.92 Å². The number of nitrogens with one attached hydrogen (secondary N) is 2. The summed E-state index contributed by atoms with van der Waals surface area (Å²) in [6.07, 6.45) is 1.64. The molecule has 0 aliphatic heterocycles. The molecule has 1 heterocycles. The highest BCUT2D eigenvalue weighted by Gasteiger charge is 2.18. The number of rotatable bonds is 8. The molecule has 0 spiro atoms. The molecule has 0 unspecified atom stereocenters. The molecule has 43 heavy (non-hydrogen) atoms. The molecule has 0 aliphatic carbocycles. The lowest BCUT2D eigenvalue weighted by atomic mass is 9.86. The van der Waals surface area contributed by atoms with Crippen molar-refractivity contribution < 1.29 is 14.7 Å². The van der Waals surface area contributed by atoms with Crippen molar-refractivity contribution in [3.8, 4) is 11.3 Å². The number of aryl methyl sites for hydroxylation is 1. The summed E-state index contributed by atoms with van der Waals surface area (Å²) in [6, 6.07) is 17.9. The molecule has 4 rings (SSSR count). The topological polar surface area (TPSA) is 143 Å². The number of hydrogen-bond donors (Lipinski definition) is 4. The van der Waals surface area contributed by atoms with Gasteiger partial charge < -0.3 is 30.9 Å². The zero-order valence-corrected chi connectivity index (χ0v) is 25.4. The number of hydrogen-bond acceptors (Lipinski definition) is 7. The van der Waals surface area contributed by atoms with Gasteiger partial charge in [0.1, 0.15) is 0 Å². The van der Waals surface area contributed by atoms with E-state index in [2.05, 4.69) is 36.4 Å². The van der Waals surface area contributed by atoms with Crippen molar-refractivity contribution in [3.63, 3.8) is 0 Å². The smallest absolute Gasteiger partial charge is 0.293 e. The van der Waals surface area contributed by atoms with Crippen molar-refractivity contribution in [1.82, 2.24) is 14.5 Å². The van der Waals surface area contributed by atoms with E-state index >= 15 is 0 Å². The third kappa shape index (κ3) is 6.92. The molecule has 0 atom stereocenters. The number of likely N-dealkylation sites (N-methyl/N-ethyl adjacent to an activating group) is 1. The first kappa shape index (κ1) is 31.0. The number of carbonyl (C=O) groups is 2. The Kier molecular flexibility index (Phi) is 9.01. The molecule has 0 saturated carbocycles. The molecule has 10 heteroatoms. The van der Waals surface area contributed by atoms with Gasteiger partial charge in [-0.3, -0.25) is 14.4 Å².